The van der Waals surface area contributed by atoms with Crippen molar-refractivity contribution >= 4 is 17.7 Å². The monoisotopic (exact) mass is 244 g/mol. The molecule has 16 heavy (non-hydrogen) atoms. The second kappa shape index (κ2) is 4.22. The number of hydrogen-bond donors (Lipinski definition) is 1. The molecule has 0 radical (unpaired) electrons. The molecule has 4 heteroatoms. The van der Waals surface area contributed by atoms with Gasteiger partial charge in [0.25, 0.3) is 0 Å². The third-order valence-electron chi connectivity index (χ3n) is 4.10. The van der Waals surface area contributed by atoms with E-state index < -0.39 is 11.0 Å². The van der Waals surface area contributed by atoms with Crippen molar-refractivity contribution in [1.82, 2.24) is 0 Å². The van der Waals surface area contributed by atoms with Gasteiger partial charge >= 0.3 is 5.97 Å². The second-order valence-electron chi connectivity index (χ2n) is 4.94. The molecule has 2 atom stereocenters. The van der Waals surface area contributed by atoms with E-state index in [1.807, 2.05) is 25.6 Å². The van der Waals surface area contributed by atoms with Gasteiger partial charge < -0.3 is 9.84 Å². The van der Waals surface area contributed by atoms with Gasteiger partial charge in [-0.15, -0.1) is 0 Å². The van der Waals surface area contributed by atoms with E-state index in [4.69, 9.17) is 4.74 Å². The summed E-state index contributed by atoms with van der Waals surface area (Å²) in [6.45, 7) is 4.26. The van der Waals surface area contributed by atoms with Crippen LogP contribution in [0.25, 0.3) is 0 Å². The Bertz CT molecular complexity index is 286. The van der Waals surface area contributed by atoms with E-state index in [0.29, 0.717) is 6.61 Å². The van der Waals surface area contributed by atoms with Crippen molar-refractivity contribution in [3.8, 4) is 0 Å². The van der Waals surface area contributed by atoms with E-state index >= 15 is 0 Å². The summed E-state index contributed by atoms with van der Waals surface area (Å²) in [4.78, 5) is 12.1. The predicted molar refractivity (Wildman–Crippen MR) is 64.4 cm³/mol. The maximum Gasteiger partial charge on any atom is 0.315 e. The highest BCUT2D eigenvalue weighted by molar-refractivity contribution is 7.99. The molecule has 2 aliphatic rings. The summed E-state index contributed by atoms with van der Waals surface area (Å²) >= 11 is 1.86. The molecular formula is C12H20O3S. The van der Waals surface area contributed by atoms with Gasteiger partial charge in [0.1, 0.15) is 0 Å². The fourth-order valence-electron chi connectivity index (χ4n) is 2.96. The number of esters is 1. The van der Waals surface area contributed by atoms with Crippen molar-refractivity contribution < 1.29 is 14.6 Å². The molecule has 1 heterocycles. The lowest BCUT2D eigenvalue weighted by Gasteiger charge is -2.38. The van der Waals surface area contributed by atoms with Gasteiger partial charge in [-0.1, -0.05) is 6.92 Å². The zero-order chi connectivity index (χ0) is 11.8. The molecule has 0 aromatic heterocycles. The molecule has 2 fully saturated rings. The first-order valence-corrected chi connectivity index (χ1v) is 7.19. The molecule has 0 amide bonds. The summed E-state index contributed by atoms with van der Waals surface area (Å²) in [6.07, 6.45) is 2.23. The van der Waals surface area contributed by atoms with Gasteiger partial charge in [0, 0.05) is 0 Å². The molecule has 0 aromatic rings. The number of hydrogen-bond acceptors (Lipinski definition) is 4. The average molecular weight is 244 g/mol. The minimum absolute atomic E-state index is 0.183. The van der Waals surface area contributed by atoms with Gasteiger partial charge in [0.15, 0.2) is 0 Å². The van der Waals surface area contributed by atoms with Crippen LogP contribution in [0, 0.1) is 11.3 Å². The summed E-state index contributed by atoms with van der Waals surface area (Å²) in [5, 5.41) is 10.7. The molecule has 0 aromatic carbocycles. The Morgan fingerprint density at radius 1 is 1.50 bits per heavy atom. The Labute approximate surface area is 101 Å². The minimum atomic E-state index is -0.816. The molecule has 1 aliphatic carbocycles. The molecule has 2 unspecified atom stereocenters. The molecule has 2 rings (SSSR count). The van der Waals surface area contributed by atoms with E-state index in [9.17, 15) is 9.90 Å². The zero-order valence-corrected chi connectivity index (χ0v) is 10.8. The maximum absolute atomic E-state index is 12.1. The second-order valence-corrected chi connectivity index (χ2v) is 6.17. The van der Waals surface area contributed by atoms with E-state index in [1.165, 1.54) is 0 Å². The number of carbonyl (C=O) groups is 1. The highest BCUT2D eigenvalue weighted by Gasteiger charge is 2.69. The Balaban J connectivity index is 2.18. The van der Waals surface area contributed by atoms with Crippen LogP contribution in [-0.4, -0.2) is 34.8 Å². The first-order valence-electron chi connectivity index (χ1n) is 6.04. The Hall–Kier alpha value is -0.220. The van der Waals surface area contributed by atoms with Gasteiger partial charge in [-0.3, -0.25) is 4.79 Å². The molecule has 0 bridgehead atoms. The Morgan fingerprint density at radius 2 is 2.06 bits per heavy atom. The molecule has 1 aliphatic heterocycles. The van der Waals surface area contributed by atoms with Crippen LogP contribution in [0.2, 0.25) is 0 Å². The molecule has 1 saturated heterocycles. The van der Waals surface area contributed by atoms with Crippen molar-refractivity contribution in [2.45, 2.75) is 38.7 Å². The fraction of sp³-hybridized carbons (Fsp3) is 0.917. The lowest BCUT2D eigenvalue weighted by atomic mass is 9.78. The van der Waals surface area contributed by atoms with Gasteiger partial charge in [-0.2, -0.15) is 11.8 Å². The number of aliphatic hydroxyl groups is 1. The van der Waals surface area contributed by atoms with Crippen molar-refractivity contribution in [1.29, 1.82) is 0 Å². The highest BCUT2D eigenvalue weighted by atomic mass is 32.2. The maximum atomic E-state index is 12.1. The zero-order valence-electron chi connectivity index (χ0n) is 9.99. The summed E-state index contributed by atoms with van der Waals surface area (Å²) in [7, 11) is 0. The normalized spacial score (nSPS) is 36.8. The standard InChI is InChI=1S/C12H20O3S/c1-3-15-10(13)12(8-9(12)2)11(14)4-6-16-7-5-11/h9,14H,3-8H2,1-2H3. The summed E-state index contributed by atoms with van der Waals surface area (Å²) in [6, 6.07) is 0. The van der Waals surface area contributed by atoms with Crippen molar-refractivity contribution in [2.24, 2.45) is 11.3 Å². The minimum Gasteiger partial charge on any atom is -0.465 e. The lowest BCUT2D eigenvalue weighted by molar-refractivity contribution is -0.164. The van der Waals surface area contributed by atoms with Crippen molar-refractivity contribution in [2.75, 3.05) is 18.1 Å². The topological polar surface area (TPSA) is 46.5 Å². The quantitative estimate of drug-likeness (QED) is 0.769. The Morgan fingerprint density at radius 3 is 2.50 bits per heavy atom. The first-order chi connectivity index (χ1) is 7.57. The van der Waals surface area contributed by atoms with E-state index in [0.717, 1.165) is 30.8 Å². The van der Waals surface area contributed by atoms with Crippen LogP contribution in [0.5, 0.6) is 0 Å². The summed E-state index contributed by atoms with van der Waals surface area (Å²) in [5.74, 6) is 1.98. The molecule has 92 valence electrons. The third kappa shape index (κ3) is 1.66. The van der Waals surface area contributed by atoms with Crippen LogP contribution < -0.4 is 0 Å². The van der Waals surface area contributed by atoms with Crippen LogP contribution in [0.1, 0.15) is 33.1 Å². The molecule has 1 N–H and O–H groups in total. The van der Waals surface area contributed by atoms with Gasteiger partial charge in [0.05, 0.1) is 17.6 Å². The van der Waals surface area contributed by atoms with Crippen LogP contribution in [0.3, 0.4) is 0 Å². The average Bonchev–Trinajstić information content (AvgIpc) is 2.94. The smallest absolute Gasteiger partial charge is 0.315 e. The van der Waals surface area contributed by atoms with Crippen LogP contribution in [0.4, 0.5) is 0 Å². The van der Waals surface area contributed by atoms with Gasteiger partial charge in [-0.05, 0) is 43.6 Å². The lowest BCUT2D eigenvalue weighted by Crippen LogP contribution is -2.48. The first kappa shape index (κ1) is 12.2. The van der Waals surface area contributed by atoms with E-state index in [2.05, 4.69) is 0 Å². The SMILES string of the molecule is CCOC(=O)C1(C2(O)CCSCC2)CC1C. The van der Waals surface area contributed by atoms with E-state index in [-0.39, 0.29) is 11.9 Å². The molecule has 0 spiro atoms. The summed E-state index contributed by atoms with van der Waals surface area (Å²) < 4.78 is 5.15. The van der Waals surface area contributed by atoms with Crippen LogP contribution >= 0.6 is 11.8 Å². The number of thioether (sulfide) groups is 1. The molecule has 1 saturated carbocycles. The fourth-order valence-corrected chi connectivity index (χ4v) is 4.13. The largest absolute Gasteiger partial charge is 0.465 e. The van der Waals surface area contributed by atoms with Crippen molar-refractivity contribution in [3.63, 3.8) is 0 Å². The Kier molecular flexibility index (Phi) is 3.23. The van der Waals surface area contributed by atoms with Gasteiger partial charge in [-0.25, -0.2) is 0 Å². The molecule has 3 nitrogen and oxygen atoms in total. The van der Waals surface area contributed by atoms with Gasteiger partial charge in [0.2, 0.25) is 0 Å². The van der Waals surface area contributed by atoms with E-state index in [1.54, 1.807) is 0 Å². The van der Waals surface area contributed by atoms with Crippen LogP contribution in [0.15, 0.2) is 0 Å². The highest BCUT2D eigenvalue weighted by Crippen LogP contribution is 2.63. The third-order valence-corrected chi connectivity index (χ3v) is 5.08. The molecular weight excluding hydrogens is 224 g/mol. The summed E-state index contributed by atoms with van der Waals surface area (Å²) in [5.41, 5.74) is -1.41. The predicted octanol–water partition coefficient (Wildman–Crippen LogP) is 1.83. The number of ether oxygens (including phenoxy) is 1. The van der Waals surface area contributed by atoms with Crippen LogP contribution in [-0.2, 0) is 9.53 Å². The number of rotatable bonds is 3. The number of carbonyl (C=O) groups excluding carboxylic acids is 1. The van der Waals surface area contributed by atoms with Crippen molar-refractivity contribution in [3.05, 3.63) is 0 Å².